The highest BCUT2D eigenvalue weighted by Crippen LogP contribution is 2.32. The van der Waals surface area contributed by atoms with Gasteiger partial charge in [-0.1, -0.05) is 13.3 Å². The van der Waals surface area contributed by atoms with Gasteiger partial charge in [-0.2, -0.15) is 0 Å². The van der Waals surface area contributed by atoms with Crippen molar-refractivity contribution in [1.82, 2.24) is 4.90 Å². The summed E-state index contributed by atoms with van der Waals surface area (Å²) in [6.45, 7) is 5.97. The molecule has 106 valence electrons. The molecule has 0 bridgehead atoms. The Morgan fingerprint density at radius 2 is 2.26 bits per heavy atom. The number of phenols is 1. The zero-order valence-corrected chi connectivity index (χ0v) is 11.6. The first-order chi connectivity index (χ1) is 9.02. The molecule has 4 heteroatoms. The minimum absolute atomic E-state index is 0.0113. The first-order valence-electron chi connectivity index (χ1n) is 7.01. The lowest BCUT2D eigenvalue weighted by molar-refractivity contribution is 0.113. The van der Waals surface area contributed by atoms with Gasteiger partial charge < -0.3 is 10.8 Å². The van der Waals surface area contributed by atoms with Crippen LogP contribution < -0.4 is 5.73 Å². The number of hydrogen-bond acceptors (Lipinski definition) is 3. The highest BCUT2D eigenvalue weighted by molar-refractivity contribution is 5.35. The second kappa shape index (κ2) is 5.88. The van der Waals surface area contributed by atoms with E-state index in [9.17, 15) is 9.50 Å². The smallest absolute Gasteiger partial charge is 0.123 e. The summed E-state index contributed by atoms with van der Waals surface area (Å²) in [4.78, 5) is 2.28. The van der Waals surface area contributed by atoms with Crippen LogP contribution in [0.3, 0.4) is 0 Å². The van der Waals surface area contributed by atoms with Gasteiger partial charge in [0.1, 0.15) is 11.6 Å². The molecule has 2 rings (SSSR count). The van der Waals surface area contributed by atoms with Gasteiger partial charge in [0.2, 0.25) is 0 Å². The molecule has 0 spiro atoms. The minimum atomic E-state index is -0.305. The van der Waals surface area contributed by atoms with Crippen LogP contribution in [0.25, 0.3) is 0 Å². The fourth-order valence-electron chi connectivity index (χ4n) is 2.92. The van der Waals surface area contributed by atoms with Crippen molar-refractivity contribution >= 4 is 0 Å². The molecule has 1 heterocycles. The quantitative estimate of drug-likeness (QED) is 0.884. The SMILES string of the molecule is CCC1CN(C(C)c2cc(F)ccc2O)CCC1N. The zero-order chi connectivity index (χ0) is 14.0. The largest absolute Gasteiger partial charge is 0.508 e. The van der Waals surface area contributed by atoms with Crippen LogP contribution in [-0.4, -0.2) is 29.1 Å². The normalized spacial score (nSPS) is 26.3. The Bertz CT molecular complexity index is 438. The standard InChI is InChI=1S/C15H23FN2O/c1-3-11-9-18(7-6-14(11)17)10(2)13-8-12(16)4-5-15(13)19/h4-5,8,10-11,14,19H,3,6-7,9,17H2,1-2H3. The predicted octanol–water partition coefficient (Wildman–Crippen LogP) is 2.65. The number of rotatable bonds is 3. The molecule has 1 aliphatic heterocycles. The number of hydrogen-bond donors (Lipinski definition) is 2. The molecule has 19 heavy (non-hydrogen) atoms. The van der Waals surface area contributed by atoms with E-state index >= 15 is 0 Å². The Kier molecular flexibility index (Phi) is 4.42. The number of nitrogens with two attached hydrogens (primary N) is 1. The first-order valence-corrected chi connectivity index (χ1v) is 7.01. The average molecular weight is 266 g/mol. The van der Waals surface area contributed by atoms with Crippen molar-refractivity contribution in [3.63, 3.8) is 0 Å². The highest BCUT2D eigenvalue weighted by Gasteiger charge is 2.29. The monoisotopic (exact) mass is 266 g/mol. The molecule has 0 aromatic heterocycles. The molecule has 1 aromatic rings. The number of piperidine rings is 1. The van der Waals surface area contributed by atoms with E-state index in [1.54, 1.807) is 0 Å². The van der Waals surface area contributed by atoms with Crippen molar-refractivity contribution in [3.05, 3.63) is 29.6 Å². The van der Waals surface area contributed by atoms with Crippen molar-refractivity contribution in [3.8, 4) is 5.75 Å². The number of phenolic OH excluding ortho intramolecular Hbond substituents is 1. The maximum absolute atomic E-state index is 13.3. The Morgan fingerprint density at radius 3 is 2.95 bits per heavy atom. The number of halogens is 1. The Hall–Kier alpha value is -1.13. The number of nitrogens with zero attached hydrogens (tertiary/aromatic N) is 1. The van der Waals surface area contributed by atoms with Gasteiger partial charge in [0.05, 0.1) is 0 Å². The molecule has 1 fully saturated rings. The van der Waals surface area contributed by atoms with Crippen LogP contribution in [-0.2, 0) is 0 Å². The Labute approximate surface area is 114 Å². The lowest BCUT2D eigenvalue weighted by Gasteiger charge is -2.40. The maximum atomic E-state index is 13.3. The third-order valence-electron chi connectivity index (χ3n) is 4.34. The van der Waals surface area contributed by atoms with Crippen LogP contribution in [0.4, 0.5) is 4.39 Å². The average Bonchev–Trinajstić information content (AvgIpc) is 2.41. The van der Waals surface area contributed by atoms with E-state index in [4.69, 9.17) is 5.73 Å². The van der Waals surface area contributed by atoms with E-state index in [1.807, 2.05) is 6.92 Å². The molecule has 3 nitrogen and oxygen atoms in total. The molecule has 3 unspecified atom stereocenters. The molecule has 3 N–H and O–H groups in total. The van der Waals surface area contributed by atoms with E-state index in [2.05, 4.69) is 11.8 Å². The fourth-order valence-corrected chi connectivity index (χ4v) is 2.92. The van der Waals surface area contributed by atoms with Gasteiger partial charge in [0, 0.05) is 30.7 Å². The summed E-state index contributed by atoms with van der Waals surface area (Å²) in [5.74, 6) is 0.337. The van der Waals surface area contributed by atoms with Gasteiger partial charge in [-0.05, 0) is 37.5 Å². The summed E-state index contributed by atoms with van der Waals surface area (Å²) >= 11 is 0. The number of aromatic hydroxyl groups is 1. The molecule has 0 amide bonds. The lowest BCUT2D eigenvalue weighted by atomic mass is 9.89. The van der Waals surface area contributed by atoms with Crippen molar-refractivity contribution < 1.29 is 9.50 Å². The third-order valence-corrected chi connectivity index (χ3v) is 4.34. The van der Waals surface area contributed by atoms with Gasteiger partial charge in [-0.3, -0.25) is 4.90 Å². The Morgan fingerprint density at radius 1 is 1.53 bits per heavy atom. The van der Waals surface area contributed by atoms with E-state index < -0.39 is 0 Å². The molecule has 1 saturated heterocycles. The summed E-state index contributed by atoms with van der Waals surface area (Å²) in [7, 11) is 0. The summed E-state index contributed by atoms with van der Waals surface area (Å²) in [5.41, 5.74) is 6.77. The molecule has 1 aliphatic rings. The molecule has 3 atom stereocenters. The van der Waals surface area contributed by atoms with E-state index in [0.717, 1.165) is 25.9 Å². The van der Waals surface area contributed by atoms with Crippen LogP contribution in [0.15, 0.2) is 18.2 Å². The van der Waals surface area contributed by atoms with Crippen LogP contribution >= 0.6 is 0 Å². The van der Waals surface area contributed by atoms with Crippen LogP contribution in [0, 0.1) is 11.7 Å². The molecule has 0 radical (unpaired) electrons. The van der Waals surface area contributed by atoms with Gasteiger partial charge in [-0.25, -0.2) is 4.39 Å². The molecular formula is C15H23FN2O. The third kappa shape index (κ3) is 3.07. The second-order valence-corrected chi connectivity index (χ2v) is 5.49. The van der Waals surface area contributed by atoms with Gasteiger partial charge in [0.15, 0.2) is 0 Å². The van der Waals surface area contributed by atoms with Crippen molar-refractivity contribution in [2.45, 2.75) is 38.8 Å². The van der Waals surface area contributed by atoms with Crippen molar-refractivity contribution in [2.75, 3.05) is 13.1 Å². The predicted molar refractivity (Wildman–Crippen MR) is 74.4 cm³/mol. The lowest BCUT2D eigenvalue weighted by Crippen LogP contribution is -2.47. The summed E-state index contributed by atoms with van der Waals surface area (Å²) in [6, 6.07) is 4.41. The van der Waals surface area contributed by atoms with Gasteiger partial charge >= 0.3 is 0 Å². The summed E-state index contributed by atoms with van der Waals surface area (Å²) < 4.78 is 13.3. The topological polar surface area (TPSA) is 49.5 Å². The summed E-state index contributed by atoms with van der Waals surface area (Å²) in [6.07, 6.45) is 2.01. The van der Waals surface area contributed by atoms with Crippen molar-refractivity contribution in [2.24, 2.45) is 11.7 Å². The van der Waals surface area contributed by atoms with Crippen LogP contribution in [0.5, 0.6) is 5.75 Å². The second-order valence-electron chi connectivity index (χ2n) is 5.49. The van der Waals surface area contributed by atoms with Gasteiger partial charge in [-0.15, -0.1) is 0 Å². The van der Waals surface area contributed by atoms with E-state index in [-0.39, 0.29) is 23.7 Å². The van der Waals surface area contributed by atoms with E-state index in [1.165, 1.54) is 18.2 Å². The summed E-state index contributed by atoms with van der Waals surface area (Å²) in [5, 5.41) is 9.89. The van der Waals surface area contributed by atoms with Gasteiger partial charge in [0.25, 0.3) is 0 Å². The van der Waals surface area contributed by atoms with Crippen molar-refractivity contribution in [1.29, 1.82) is 0 Å². The van der Waals surface area contributed by atoms with Crippen LogP contribution in [0.2, 0.25) is 0 Å². The molecule has 0 saturated carbocycles. The van der Waals surface area contributed by atoms with Crippen LogP contribution in [0.1, 0.15) is 38.3 Å². The molecule has 0 aliphatic carbocycles. The fraction of sp³-hybridized carbons (Fsp3) is 0.600. The number of likely N-dealkylation sites (tertiary alicyclic amines) is 1. The highest BCUT2D eigenvalue weighted by atomic mass is 19.1. The Balaban J connectivity index is 2.15. The van der Waals surface area contributed by atoms with E-state index in [0.29, 0.717) is 11.5 Å². The number of benzene rings is 1. The maximum Gasteiger partial charge on any atom is 0.123 e. The molecular weight excluding hydrogens is 243 g/mol. The first kappa shape index (κ1) is 14.3. The molecule has 1 aromatic carbocycles. The minimum Gasteiger partial charge on any atom is -0.508 e. The zero-order valence-electron chi connectivity index (χ0n) is 11.6.